The molecular formula is C18H27N3O5. The maximum atomic E-state index is 12.2. The summed E-state index contributed by atoms with van der Waals surface area (Å²) in [5.41, 5.74) is -0.544. The largest absolute Gasteiger partial charge is 0.507 e. The van der Waals surface area contributed by atoms with Gasteiger partial charge in [-0.05, 0) is 30.5 Å². The summed E-state index contributed by atoms with van der Waals surface area (Å²) in [6.07, 6.45) is 0.763. The summed E-state index contributed by atoms with van der Waals surface area (Å²) in [5.74, 6) is -1.34. The van der Waals surface area contributed by atoms with Crippen molar-refractivity contribution >= 4 is 23.6 Å². The van der Waals surface area contributed by atoms with Gasteiger partial charge in [0, 0.05) is 24.2 Å². The number of benzene rings is 1. The van der Waals surface area contributed by atoms with Gasteiger partial charge in [0.25, 0.3) is 0 Å². The van der Waals surface area contributed by atoms with Crippen molar-refractivity contribution in [3.63, 3.8) is 0 Å². The van der Waals surface area contributed by atoms with Crippen LogP contribution in [-0.4, -0.2) is 41.2 Å². The number of carbonyl (C=O) groups is 3. The van der Waals surface area contributed by atoms with E-state index in [1.807, 2.05) is 13.8 Å². The number of nitrogens with one attached hydrogen (secondary N) is 3. The highest BCUT2D eigenvalue weighted by Crippen LogP contribution is 2.25. The zero-order valence-corrected chi connectivity index (χ0v) is 15.5. The third kappa shape index (κ3) is 6.62. The fraction of sp³-hybridized carbons (Fsp3) is 0.500. The minimum Gasteiger partial charge on any atom is -0.507 e. The molecular weight excluding hydrogens is 338 g/mol. The van der Waals surface area contributed by atoms with E-state index in [-0.39, 0.29) is 36.0 Å². The quantitative estimate of drug-likeness (QED) is 0.357. The van der Waals surface area contributed by atoms with Crippen molar-refractivity contribution in [3.05, 3.63) is 23.8 Å². The first-order valence-corrected chi connectivity index (χ1v) is 8.42. The van der Waals surface area contributed by atoms with E-state index >= 15 is 0 Å². The number of carboxylic acids is 1. The molecule has 0 aromatic heterocycles. The van der Waals surface area contributed by atoms with Gasteiger partial charge < -0.3 is 26.2 Å². The van der Waals surface area contributed by atoms with E-state index in [0.29, 0.717) is 5.92 Å². The van der Waals surface area contributed by atoms with E-state index in [4.69, 9.17) is 5.11 Å². The van der Waals surface area contributed by atoms with Crippen LogP contribution in [0.25, 0.3) is 0 Å². The Morgan fingerprint density at radius 3 is 2.31 bits per heavy atom. The van der Waals surface area contributed by atoms with Gasteiger partial charge in [-0.15, -0.1) is 0 Å². The van der Waals surface area contributed by atoms with Crippen molar-refractivity contribution in [2.24, 2.45) is 11.3 Å². The molecule has 8 nitrogen and oxygen atoms in total. The van der Waals surface area contributed by atoms with Crippen LogP contribution in [0.1, 0.15) is 44.5 Å². The molecule has 1 rings (SSSR count). The Labute approximate surface area is 153 Å². The Kier molecular flexibility index (Phi) is 7.42. The number of urea groups is 1. The molecule has 1 aromatic rings. The molecule has 1 aromatic carbocycles. The zero-order valence-electron chi connectivity index (χ0n) is 15.5. The molecule has 0 aliphatic carbocycles. The van der Waals surface area contributed by atoms with Crippen molar-refractivity contribution in [3.8, 4) is 5.75 Å². The van der Waals surface area contributed by atoms with Crippen LogP contribution >= 0.6 is 0 Å². The molecule has 0 heterocycles. The molecule has 26 heavy (non-hydrogen) atoms. The number of carbonyl (C=O) groups excluding carboxylic acids is 2. The van der Waals surface area contributed by atoms with Crippen molar-refractivity contribution in [1.29, 1.82) is 0 Å². The van der Waals surface area contributed by atoms with Gasteiger partial charge in [0.15, 0.2) is 0 Å². The van der Waals surface area contributed by atoms with E-state index in [1.54, 1.807) is 0 Å². The van der Waals surface area contributed by atoms with Gasteiger partial charge in [-0.3, -0.25) is 4.79 Å². The molecule has 0 unspecified atom stereocenters. The van der Waals surface area contributed by atoms with Crippen LogP contribution in [0.2, 0.25) is 0 Å². The van der Waals surface area contributed by atoms with Crippen LogP contribution in [-0.2, 0) is 4.79 Å². The first-order valence-electron chi connectivity index (χ1n) is 8.42. The normalized spacial score (nSPS) is 11.1. The fourth-order valence-electron chi connectivity index (χ4n) is 2.67. The van der Waals surface area contributed by atoms with Crippen molar-refractivity contribution < 1.29 is 24.6 Å². The van der Waals surface area contributed by atoms with Crippen LogP contribution in [0.4, 0.5) is 10.5 Å². The van der Waals surface area contributed by atoms with Gasteiger partial charge >= 0.3 is 12.0 Å². The Morgan fingerprint density at radius 2 is 1.73 bits per heavy atom. The van der Waals surface area contributed by atoms with E-state index in [0.717, 1.165) is 12.5 Å². The summed E-state index contributed by atoms with van der Waals surface area (Å²) in [6, 6.07) is 3.20. The Balaban J connectivity index is 2.43. The minimum atomic E-state index is -1.29. The van der Waals surface area contributed by atoms with E-state index in [2.05, 4.69) is 29.8 Å². The second-order valence-electron chi connectivity index (χ2n) is 7.16. The number of aromatic carboxylic acids is 1. The van der Waals surface area contributed by atoms with Gasteiger partial charge in [0.1, 0.15) is 11.3 Å². The third-order valence-corrected chi connectivity index (χ3v) is 3.71. The number of hydrogen-bond acceptors (Lipinski definition) is 4. The molecule has 0 spiro atoms. The predicted molar refractivity (Wildman–Crippen MR) is 98.3 cm³/mol. The number of phenols is 1. The topological polar surface area (TPSA) is 128 Å². The lowest BCUT2D eigenvalue weighted by Crippen LogP contribution is -2.42. The monoisotopic (exact) mass is 365 g/mol. The maximum absolute atomic E-state index is 12.2. The van der Waals surface area contributed by atoms with E-state index in [9.17, 15) is 19.5 Å². The van der Waals surface area contributed by atoms with Gasteiger partial charge in [-0.1, -0.05) is 27.7 Å². The first-order chi connectivity index (χ1) is 12.0. The Hall–Kier alpha value is -2.77. The molecule has 0 bridgehead atoms. The molecule has 0 saturated heterocycles. The van der Waals surface area contributed by atoms with Crippen LogP contribution in [0.15, 0.2) is 18.2 Å². The standard InChI is InChI=1S/C18H27N3O5/c1-11(2)10-18(3,4)16(25)19-7-8-20-17(26)21-12-5-6-14(22)13(9-12)15(23)24/h5-6,9,11,22H,7-8,10H2,1-4H3,(H,19,25)(H,23,24)(H2,20,21,26). The molecule has 0 aliphatic rings. The van der Waals surface area contributed by atoms with Gasteiger partial charge in [-0.25, -0.2) is 9.59 Å². The number of anilines is 1. The van der Waals surface area contributed by atoms with Crippen molar-refractivity contribution in [2.45, 2.75) is 34.1 Å². The predicted octanol–water partition coefficient (Wildman–Crippen LogP) is 2.40. The SMILES string of the molecule is CC(C)CC(C)(C)C(=O)NCCNC(=O)Nc1ccc(O)c(C(=O)O)c1. The molecule has 0 fully saturated rings. The molecule has 0 aliphatic heterocycles. The second-order valence-corrected chi connectivity index (χ2v) is 7.16. The molecule has 0 atom stereocenters. The summed E-state index contributed by atoms with van der Waals surface area (Å²) >= 11 is 0. The zero-order chi connectivity index (χ0) is 19.9. The number of aromatic hydroxyl groups is 1. The lowest BCUT2D eigenvalue weighted by atomic mass is 9.83. The van der Waals surface area contributed by atoms with Gasteiger partial charge in [0.05, 0.1) is 0 Å². The van der Waals surface area contributed by atoms with Crippen LogP contribution < -0.4 is 16.0 Å². The number of rotatable bonds is 8. The summed E-state index contributed by atoms with van der Waals surface area (Å²) < 4.78 is 0. The molecule has 0 saturated carbocycles. The highest BCUT2D eigenvalue weighted by atomic mass is 16.4. The molecule has 8 heteroatoms. The van der Waals surface area contributed by atoms with E-state index in [1.165, 1.54) is 12.1 Å². The molecule has 0 radical (unpaired) electrons. The summed E-state index contributed by atoms with van der Waals surface area (Å²) in [7, 11) is 0. The third-order valence-electron chi connectivity index (χ3n) is 3.71. The summed E-state index contributed by atoms with van der Waals surface area (Å²) in [4.78, 5) is 34.9. The molecule has 3 amide bonds. The Morgan fingerprint density at radius 1 is 1.12 bits per heavy atom. The molecule has 144 valence electrons. The second kappa shape index (κ2) is 9.07. The minimum absolute atomic E-state index is 0.0713. The highest BCUT2D eigenvalue weighted by Gasteiger charge is 2.27. The lowest BCUT2D eigenvalue weighted by Gasteiger charge is -2.25. The van der Waals surface area contributed by atoms with Gasteiger partial charge in [-0.2, -0.15) is 0 Å². The van der Waals surface area contributed by atoms with Crippen molar-refractivity contribution in [1.82, 2.24) is 10.6 Å². The smallest absolute Gasteiger partial charge is 0.339 e. The van der Waals surface area contributed by atoms with Crippen LogP contribution in [0.3, 0.4) is 0 Å². The number of hydrogen-bond donors (Lipinski definition) is 5. The average Bonchev–Trinajstić information content (AvgIpc) is 2.51. The molecule has 5 N–H and O–H groups in total. The highest BCUT2D eigenvalue weighted by molar-refractivity contribution is 5.95. The van der Waals surface area contributed by atoms with E-state index < -0.39 is 17.4 Å². The summed E-state index contributed by atoms with van der Waals surface area (Å²) in [6.45, 7) is 8.38. The summed E-state index contributed by atoms with van der Waals surface area (Å²) in [5, 5.41) is 26.2. The van der Waals surface area contributed by atoms with Crippen molar-refractivity contribution in [2.75, 3.05) is 18.4 Å². The lowest BCUT2D eigenvalue weighted by molar-refractivity contribution is -0.130. The fourth-order valence-corrected chi connectivity index (χ4v) is 2.67. The van der Waals surface area contributed by atoms with Crippen LogP contribution in [0, 0.1) is 11.3 Å². The number of carboxylic acid groups (broad SMARTS) is 1. The average molecular weight is 365 g/mol. The van der Waals surface area contributed by atoms with Gasteiger partial charge in [0.2, 0.25) is 5.91 Å². The Bertz CT molecular complexity index is 671. The maximum Gasteiger partial charge on any atom is 0.339 e. The number of amides is 3. The van der Waals surface area contributed by atoms with Crippen LogP contribution in [0.5, 0.6) is 5.75 Å². The first kappa shape index (κ1) is 21.3.